The van der Waals surface area contributed by atoms with Crippen LogP contribution in [0, 0.1) is 12.3 Å². The van der Waals surface area contributed by atoms with E-state index in [4.69, 9.17) is 12.2 Å². The predicted molar refractivity (Wildman–Crippen MR) is 73.6 cm³/mol. The van der Waals surface area contributed by atoms with Crippen molar-refractivity contribution in [2.24, 2.45) is 5.73 Å². The largest absolute Gasteiger partial charge is 0.323 e. The van der Waals surface area contributed by atoms with Crippen LogP contribution in [0.3, 0.4) is 0 Å². The zero-order chi connectivity index (χ0) is 13.7. The van der Waals surface area contributed by atoms with E-state index in [0.29, 0.717) is 5.69 Å². The molecule has 0 aliphatic carbocycles. The van der Waals surface area contributed by atoms with Crippen molar-refractivity contribution in [2.75, 3.05) is 5.32 Å². The Hall–Kier alpha value is -2.58. The molecule has 96 valence electrons. The molecule has 0 aliphatic heterocycles. The van der Waals surface area contributed by atoms with Gasteiger partial charge in [-0.05, 0) is 18.2 Å². The number of nitrogens with zero attached hydrogens (tertiary/aromatic N) is 2. The van der Waals surface area contributed by atoms with E-state index in [0.717, 1.165) is 5.69 Å². The van der Waals surface area contributed by atoms with Crippen LogP contribution in [0.25, 0.3) is 5.69 Å². The van der Waals surface area contributed by atoms with Crippen LogP contribution in [-0.4, -0.2) is 21.7 Å². The monoisotopic (exact) mass is 254 g/mol. The lowest BCUT2D eigenvalue weighted by atomic mass is 10.2. The first-order chi connectivity index (χ1) is 9.22. The van der Waals surface area contributed by atoms with Crippen molar-refractivity contribution in [1.82, 2.24) is 9.78 Å². The second kappa shape index (κ2) is 5.85. The van der Waals surface area contributed by atoms with Gasteiger partial charge in [-0.2, -0.15) is 5.10 Å². The number of nitrogens with one attached hydrogen (secondary N) is 1. The fourth-order valence-corrected chi connectivity index (χ4v) is 1.64. The third-order valence-corrected chi connectivity index (χ3v) is 2.59. The Labute approximate surface area is 111 Å². The van der Waals surface area contributed by atoms with Crippen molar-refractivity contribution in [3.05, 3.63) is 42.7 Å². The van der Waals surface area contributed by atoms with Gasteiger partial charge in [0.05, 0.1) is 17.4 Å². The minimum absolute atomic E-state index is 0.204. The lowest BCUT2D eigenvalue weighted by Crippen LogP contribution is -2.35. The first kappa shape index (κ1) is 12.9. The number of carbonyl (C=O) groups is 1. The Bertz CT molecular complexity index is 598. The fourth-order valence-electron chi connectivity index (χ4n) is 1.64. The van der Waals surface area contributed by atoms with Gasteiger partial charge in [-0.25, -0.2) is 4.68 Å². The number of anilines is 1. The second-order valence-electron chi connectivity index (χ2n) is 3.97. The number of amides is 1. The summed E-state index contributed by atoms with van der Waals surface area (Å²) in [7, 11) is 0. The number of carbonyl (C=O) groups excluding carboxylic acids is 1. The molecule has 5 heteroatoms. The molecule has 2 aromatic rings. The highest BCUT2D eigenvalue weighted by molar-refractivity contribution is 5.96. The summed E-state index contributed by atoms with van der Waals surface area (Å²) in [6.45, 7) is 0. The van der Waals surface area contributed by atoms with Gasteiger partial charge in [-0.1, -0.05) is 12.1 Å². The Kier molecular flexibility index (Phi) is 3.96. The molecule has 1 aromatic carbocycles. The molecule has 0 radical (unpaired) electrons. The standard InChI is InChI=1S/C14H14N4O/c1-2-6-11(15)14(19)17-12-7-3-4-8-13(12)18-10-5-9-16-18/h1,3-5,7-11H,6,15H2,(H,17,19). The van der Waals surface area contributed by atoms with Crippen LogP contribution < -0.4 is 11.1 Å². The van der Waals surface area contributed by atoms with E-state index in [9.17, 15) is 4.79 Å². The highest BCUT2D eigenvalue weighted by atomic mass is 16.2. The molecule has 0 saturated carbocycles. The van der Waals surface area contributed by atoms with Gasteiger partial charge < -0.3 is 11.1 Å². The minimum Gasteiger partial charge on any atom is -0.323 e. The van der Waals surface area contributed by atoms with Crippen molar-refractivity contribution in [3.63, 3.8) is 0 Å². The molecule has 5 nitrogen and oxygen atoms in total. The van der Waals surface area contributed by atoms with Crippen molar-refractivity contribution < 1.29 is 4.79 Å². The van der Waals surface area contributed by atoms with Crippen molar-refractivity contribution >= 4 is 11.6 Å². The Morgan fingerprint density at radius 1 is 1.47 bits per heavy atom. The summed E-state index contributed by atoms with van der Waals surface area (Å²) in [4.78, 5) is 11.9. The highest BCUT2D eigenvalue weighted by Gasteiger charge is 2.14. The molecular formula is C14H14N4O. The van der Waals surface area contributed by atoms with Crippen molar-refractivity contribution in [1.29, 1.82) is 0 Å². The molecule has 1 amide bonds. The van der Waals surface area contributed by atoms with Crippen molar-refractivity contribution in [2.45, 2.75) is 12.5 Å². The number of hydrogen-bond donors (Lipinski definition) is 2. The third kappa shape index (κ3) is 3.00. The summed E-state index contributed by atoms with van der Waals surface area (Å²) >= 11 is 0. The summed E-state index contributed by atoms with van der Waals surface area (Å²) in [5.74, 6) is 2.07. The Morgan fingerprint density at radius 3 is 2.95 bits per heavy atom. The number of rotatable bonds is 4. The molecule has 1 unspecified atom stereocenters. The van der Waals surface area contributed by atoms with Gasteiger partial charge in [-0.15, -0.1) is 12.3 Å². The van der Waals surface area contributed by atoms with Crippen LogP contribution in [0.1, 0.15) is 6.42 Å². The van der Waals surface area contributed by atoms with Crippen LogP contribution in [0.15, 0.2) is 42.7 Å². The van der Waals surface area contributed by atoms with Gasteiger partial charge in [0.25, 0.3) is 0 Å². The van der Waals surface area contributed by atoms with Gasteiger partial charge in [0.1, 0.15) is 0 Å². The molecule has 1 heterocycles. The second-order valence-corrected chi connectivity index (χ2v) is 3.97. The molecular weight excluding hydrogens is 240 g/mol. The molecule has 0 aliphatic rings. The van der Waals surface area contributed by atoms with Crippen LogP contribution in [0.4, 0.5) is 5.69 Å². The van der Waals surface area contributed by atoms with Crippen LogP contribution in [0.5, 0.6) is 0 Å². The van der Waals surface area contributed by atoms with E-state index in [1.54, 1.807) is 23.1 Å². The third-order valence-electron chi connectivity index (χ3n) is 2.59. The van der Waals surface area contributed by atoms with E-state index in [-0.39, 0.29) is 12.3 Å². The average molecular weight is 254 g/mol. The molecule has 0 saturated heterocycles. The Balaban J connectivity index is 2.22. The zero-order valence-corrected chi connectivity index (χ0v) is 10.3. The average Bonchev–Trinajstić information content (AvgIpc) is 2.93. The maximum absolute atomic E-state index is 11.9. The number of aromatic nitrogens is 2. The molecule has 0 bridgehead atoms. The van der Waals surface area contributed by atoms with Gasteiger partial charge in [0.2, 0.25) is 5.91 Å². The fraction of sp³-hybridized carbons (Fsp3) is 0.143. The topological polar surface area (TPSA) is 72.9 Å². The number of terminal acetylenes is 1. The molecule has 0 fully saturated rings. The lowest BCUT2D eigenvalue weighted by Gasteiger charge is -2.13. The number of benzene rings is 1. The maximum atomic E-state index is 11.9. The smallest absolute Gasteiger partial charge is 0.242 e. The van der Waals surface area contributed by atoms with E-state index in [1.807, 2.05) is 24.3 Å². The van der Waals surface area contributed by atoms with E-state index >= 15 is 0 Å². The summed E-state index contributed by atoms with van der Waals surface area (Å²) < 4.78 is 1.67. The van der Waals surface area contributed by atoms with Crippen LogP contribution in [-0.2, 0) is 4.79 Å². The van der Waals surface area contributed by atoms with Gasteiger partial charge >= 0.3 is 0 Å². The molecule has 1 aromatic heterocycles. The predicted octanol–water partition coefficient (Wildman–Crippen LogP) is 1.16. The summed E-state index contributed by atoms with van der Waals surface area (Å²) in [5.41, 5.74) is 7.08. The number of hydrogen-bond acceptors (Lipinski definition) is 3. The molecule has 2 rings (SSSR count). The summed E-state index contributed by atoms with van der Waals surface area (Å²) in [5, 5.41) is 6.90. The zero-order valence-electron chi connectivity index (χ0n) is 10.3. The minimum atomic E-state index is -0.712. The summed E-state index contributed by atoms with van der Waals surface area (Å²) in [6.07, 6.45) is 8.82. The maximum Gasteiger partial charge on any atom is 0.242 e. The quantitative estimate of drug-likeness (QED) is 0.804. The number of nitrogens with two attached hydrogens (primary N) is 1. The Morgan fingerprint density at radius 2 is 2.26 bits per heavy atom. The normalized spacial score (nSPS) is 11.6. The molecule has 1 atom stereocenters. The SMILES string of the molecule is C#CCC(N)C(=O)Nc1ccccc1-n1cccn1. The van der Waals surface area contributed by atoms with E-state index in [2.05, 4.69) is 16.3 Å². The van der Waals surface area contributed by atoms with Gasteiger partial charge in [-0.3, -0.25) is 4.79 Å². The van der Waals surface area contributed by atoms with Gasteiger partial charge in [0.15, 0.2) is 0 Å². The van der Waals surface area contributed by atoms with Crippen LogP contribution >= 0.6 is 0 Å². The first-order valence-electron chi connectivity index (χ1n) is 5.81. The highest BCUT2D eigenvalue weighted by Crippen LogP contribution is 2.19. The number of para-hydroxylation sites is 2. The molecule has 0 spiro atoms. The molecule has 3 N–H and O–H groups in total. The van der Waals surface area contributed by atoms with E-state index < -0.39 is 6.04 Å². The van der Waals surface area contributed by atoms with Gasteiger partial charge in [0, 0.05) is 18.8 Å². The van der Waals surface area contributed by atoms with Crippen molar-refractivity contribution in [3.8, 4) is 18.0 Å². The first-order valence-corrected chi connectivity index (χ1v) is 5.81. The van der Waals surface area contributed by atoms with Crippen LogP contribution in [0.2, 0.25) is 0 Å². The molecule has 19 heavy (non-hydrogen) atoms. The lowest BCUT2D eigenvalue weighted by molar-refractivity contribution is -0.117. The van der Waals surface area contributed by atoms with E-state index in [1.165, 1.54) is 0 Å². The summed E-state index contributed by atoms with van der Waals surface area (Å²) in [6, 6.07) is 8.44.